The molecular weight excluding hydrogens is 320 g/mol. The molecule has 7 heteroatoms. The van der Waals surface area contributed by atoms with Crippen molar-refractivity contribution in [3.63, 3.8) is 0 Å². The average molecular weight is 342 g/mol. The van der Waals surface area contributed by atoms with Crippen LogP contribution in [0.1, 0.15) is 46.3 Å². The fraction of sp³-hybridized carbons (Fsp3) is 0.389. The van der Waals surface area contributed by atoms with Gasteiger partial charge in [0, 0.05) is 25.3 Å². The third-order valence-electron chi connectivity index (χ3n) is 4.48. The molecule has 0 unspecified atom stereocenters. The molecule has 3 N–H and O–H groups in total. The summed E-state index contributed by atoms with van der Waals surface area (Å²) in [7, 11) is 0. The van der Waals surface area contributed by atoms with Gasteiger partial charge in [-0.1, -0.05) is 19.1 Å². The molecule has 1 saturated heterocycles. The number of piperidine rings is 1. The van der Waals surface area contributed by atoms with Gasteiger partial charge in [0.25, 0.3) is 5.91 Å². The Morgan fingerprint density at radius 3 is 2.80 bits per heavy atom. The Kier molecular flexibility index (Phi) is 5.02. The average Bonchev–Trinajstić information content (AvgIpc) is 3.10. The summed E-state index contributed by atoms with van der Waals surface area (Å²) in [6.45, 7) is 4.75. The number of anilines is 1. The summed E-state index contributed by atoms with van der Waals surface area (Å²) in [6.07, 6.45) is 3.70. The normalized spacial score (nSPS) is 17.3. The summed E-state index contributed by atoms with van der Waals surface area (Å²) in [6, 6.07) is 8.10. The largest absolute Gasteiger partial charge is 0.477 e. The number of hydrogen-bond donors (Lipinski definition) is 3. The van der Waals surface area contributed by atoms with Gasteiger partial charge in [-0.3, -0.25) is 4.79 Å². The van der Waals surface area contributed by atoms with E-state index in [0.29, 0.717) is 12.5 Å². The lowest BCUT2D eigenvalue weighted by molar-refractivity contribution is 0.0685. The van der Waals surface area contributed by atoms with Crippen LogP contribution in [0.15, 0.2) is 30.6 Å². The second-order valence-corrected chi connectivity index (χ2v) is 6.47. The van der Waals surface area contributed by atoms with Gasteiger partial charge in [-0.2, -0.15) is 0 Å². The minimum absolute atomic E-state index is 0.105. The van der Waals surface area contributed by atoms with Gasteiger partial charge in [0.05, 0.1) is 6.33 Å². The van der Waals surface area contributed by atoms with Crippen LogP contribution in [0.2, 0.25) is 0 Å². The molecule has 1 atom stereocenters. The monoisotopic (exact) mass is 342 g/mol. The van der Waals surface area contributed by atoms with E-state index in [1.54, 1.807) is 0 Å². The number of carboxylic acids is 1. The number of benzene rings is 1. The van der Waals surface area contributed by atoms with Gasteiger partial charge in [0.1, 0.15) is 0 Å². The number of carbonyl (C=O) groups excluding carboxylic acids is 1. The zero-order valence-electron chi connectivity index (χ0n) is 14.2. The number of nitrogens with zero attached hydrogens (tertiary/aromatic N) is 2. The summed E-state index contributed by atoms with van der Waals surface area (Å²) in [5.41, 5.74) is 1.84. The third kappa shape index (κ3) is 3.99. The topological polar surface area (TPSA) is 98.3 Å². The quantitative estimate of drug-likeness (QED) is 0.774. The van der Waals surface area contributed by atoms with Crippen LogP contribution < -0.4 is 10.2 Å². The Bertz CT molecular complexity index is 754. The number of hydrogen-bond acceptors (Lipinski definition) is 4. The molecule has 2 heterocycles. The molecule has 0 radical (unpaired) electrons. The number of rotatable bonds is 5. The molecular formula is C18H22N4O3. The second kappa shape index (κ2) is 7.38. The van der Waals surface area contributed by atoms with Crippen LogP contribution in [0.4, 0.5) is 5.69 Å². The number of amides is 1. The van der Waals surface area contributed by atoms with Gasteiger partial charge in [0.15, 0.2) is 11.4 Å². The van der Waals surface area contributed by atoms with Crippen molar-refractivity contribution >= 4 is 17.6 Å². The van der Waals surface area contributed by atoms with Crippen molar-refractivity contribution in [3.8, 4) is 0 Å². The maximum Gasteiger partial charge on any atom is 0.354 e. The number of imidazole rings is 1. The molecule has 0 spiro atoms. The van der Waals surface area contributed by atoms with Gasteiger partial charge in [-0.05, 0) is 36.5 Å². The van der Waals surface area contributed by atoms with Crippen LogP contribution in [0.5, 0.6) is 0 Å². The summed E-state index contributed by atoms with van der Waals surface area (Å²) < 4.78 is 0. The smallest absolute Gasteiger partial charge is 0.354 e. The molecule has 0 bridgehead atoms. The zero-order chi connectivity index (χ0) is 17.8. The van der Waals surface area contributed by atoms with Gasteiger partial charge in [-0.15, -0.1) is 0 Å². The van der Waals surface area contributed by atoms with Crippen molar-refractivity contribution in [2.75, 3.05) is 18.0 Å². The first kappa shape index (κ1) is 17.0. The summed E-state index contributed by atoms with van der Waals surface area (Å²) >= 11 is 0. The van der Waals surface area contributed by atoms with Crippen molar-refractivity contribution < 1.29 is 14.7 Å². The van der Waals surface area contributed by atoms with Crippen LogP contribution in [0.25, 0.3) is 0 Å². The number of aromatic carboxylic acids is 1. The highest BCUT2D eigenvalue weighted by atomic mass is 16.4. The van der Waals surface area contributed by atoms with Crippen molar-refractivity contribution in [1.29, 1.82) is 0 Å². The molecule has 25 heavy (non-hydrogen) atoms. The van der Waals surface area contributed by atoms with Crippen LogP contribution in [-0.4, -0.2) is 40.0 Å². The van der Waals surface area contributed by atoms with E-state index < -0.39 is 11.9 Å². The Labute approximate surface area is 146 Å². The number of H-pyrrole nitrogens is 1. The highest BCUT2D eigenvalue weighted by molar-refractivity contribution is 6.02. The fourth-order valence-electron chi connectivity index (χ4n) is 3.14. The van der Waals surface area contributed by atoms with E-state index >= 15 is 0 Å². The van der Waals surface area contributed by atoms with E-state index in [-0.39, 0.29) is 11.4 Å². The minimum atomic E-state index is -1.21. The number of carboxylic acid groups (broad SMARTS) is 1. The first-order valence-corrected chi connectivity index (χ1v) is 8.43. The minimum Gasteiger partial charge on any atom is -0.477 e. The number of nitrogens with one attached hydrogen (secondary N) is 2. The third-order valence-corrected chi connectivity index (χ3v) is 4.48. The molecule has 0 aliphatic carbocycles. The molecule has 1 fully saturated rings. The van der Waals surface area contributed by atoms with Crippen LogP contribution >= 0.6 is 0 Å². The summed E-state index contributed by atoms with van der Waals surface area (Å²) in [5.74, 6) is -1.000. The van der Waals surface area contributed by atoms with Gasteiger partial charge in [-0.25, -0.2) is 9.78 Å². The molecule has 1 aromatic carbocycles. The second-order valence-electron chi connectivity index (χ2n) is 6.47. The Morgan fingerprint density at radius 2 is 2.12 bits per heavy atom. The van der Waals surface area contributed by atoms with Crippen LogP contribution in [-0.2, 0) is 6.54 Å². The van der Waals surface area contributed by atoms with E-state index in [1.165, 1.54) is 24.9 Å². The van der Waals surface area contributed by atoms with E-state index in [9.17, 15) is 9.59 Å². The summed E-state index contributed by atoms with van der Waals surface area (Å²) in [5, 5.41) is 11.7. The molecule has 1 aliphatic heterocycles. The zero-order valence-corrected chi connectivity index (χ0v) is 14.2. The molecule has 0 saturated carbocycles. The van der Waals surface area contributed by atoms with Crippen molar-refractivity contribution in [2.24, 2.45) is 5.92 Å². The van der Waals surface area contributed by atoms with Gasteiger partial charge in [0.2, 0.25) is 0 Å². The SMILES string of the molecule is C[C@@H]1CCCN(c2ccc(CNC(=O)c3nc[nH]c3C(=O)O)cc2)C1. The molecule has 1 aliphatic rings. The fourth-order valence-corrected chi connectivity index (χ4v) is 3.14. The predicted octanol–water partition coefficient (Wildman–Crippen LogP) is 2.27. The predicted molar refractivity (Wildman–Crippen MR) is 93.8 cm³/mol. The van der Waals surface area contributed by atoms with E-state index in [0.717, 1.165) is 18.7 Å². The highest BCUT2D eigenvalue weighted by Crippen LogP contribution is 2.23. The maximum atomic E-state index is 12.1. The first-order chi connectivity index (χ1) is 12.0. The number of aromatic amines is 1. The molecule has 7 nitrogen and oxygen atoms in total. The van der Waals surface area contributed by atoms with Crippen LogP contribution in [0, 0.1) is 5.92 Å². The van der Waals surface area contributed by atoms with Crippen LogP contribution in [0.3, 0.4) is 0 Å². The van der Waals surface area contributed by atoms with E-state index in [1.807, 2.05) is 12.1 Å². The van der Waals surface area contributed by atoms with Crippen molar-refractivity contribution in [3.05, 3.63) is 47.5 Å². The Morgan fingerprint density at radius 1 is 1.36 bits per heavy atom. The number of aromatic nitrogens is 2. The molecule has 3 rings (SSSR count). The van der Waals surface area contributed by atoms with E-state index in [4.69, 9.17) is 5.11 Å². The Balaban J connectivity index is 1.59. The maximum absolute atomic E-state index is 12.1. The van der Waals surface area contributed by atoms with E-state index in [2.05, 4.69) is 39.2 Å². The molecule has 1 aromatic heterocycles. The molecule has 2 aromatic rings. The lowest BCUT2D eigenvalue weighted by atomic mass is 9.99. The van der Waals surface area contributed by atoms with Gasteiger partial charge < -0.3 is 20.3 Å². The Hall–Kier alpha value is -2.83. The van der Waals surface area contributed by atoms with Crippen molar-refractivity contribution in [1.82, 2.24) is 15.3 Å². The highest BCUT2D eigenvalue weighted by Gasteiger charge is 2.19. The summed E-state index contributed by atoms with van der Waals surface area (Å²) in [4.78, 5) is 31.7. The lowest BCUT2D eigenvalue weighted by Crippen LogP contribution is -2.34. The lowest BCUT2D eigenvalue weighted by Gasteiger charge is -2.32. The molecule has 1 amide bonds. The van der Waals surface area contributed by atoms with Gasteiger partial charge >= 0.3 is 5.97 Å². The van der Waals surface area contributed by atoms with Crippen molar-refractivity contribution in [2.45, 2.75) is 26.3 Å². The molecule has 132 valence electrons. The number of carbonyl (C=O) groups is 2. The first-order valence-electron chi connectivity index (χ1n) is 8.43. The standard InChI is InChI=1S/C18H22N4O3/c1-12-3-2-8-22(10-12)14-6-4-13(5-7-14)9-19-17(23)15-16(18(24)25)21-11-20-15/h4-7,11-12H,2-3,8-10H2,1H3,(H,19,23)(H,20,21)(H,24,25)/t12-/m1/s1.